The van der Waals surface area contributed by atoms with Gasteiger partial charge in [0.25, 0.3) is 0 Å². The van der Waals surface area contributed by atoms with Crippen molar-refractivity contribution in [3.63, 3.8) is 0 Å². The summed E-state index contributed by atoms with van der Waals surface area (Å²) >= 11 is 0. The summed E-state index contributed by atoms with van der Waals surface area (Å²) in [6.45, 7) is 0.762. The van der Waals surface area contributed by atoms with Crippen molar-refractivity contribution >= 4 is 28.8 Å². The number of carbonyl (C=O) groups excluding carboxylic acids is 1. The van der Waals surface area contributed by atoms with Crippen molar-refractivity contribution in [3.05, 3.63) is 96.7 Å². The van der Waals surface area contributed by atoms with Crippen molar-refractivity contribution in [3.8, 4) is 23.0 Å². The van der Waals surface area contributed by atoms with E-state index in [0.29, 0.717) is 35.1 Å². The summed E-state index contributed by atoms with van der Waals surface area (Å²) in [5.74, 6) is 1.86. The molecule has 0 aliphatic carbocycles. The Balaban J connectivity index is 1.25. The molecule has 7 nitrogen and oxygen atoms in total. The Morgan fingerprint density at radius 3 is 2.52 bits per heavy atom. The third kappa shape index (κ3) is 4.67. The number of aromatic amines is 1. The Labute approximate surface area is 190 Å². The average molecular weight is 435 g/mol. The lowest BCUT2D eigenvalue weighted by Gasteiger charge is -2.09. The van der Waals surface area contributed by atoms with Gasteiger partial charge in [-0.15, -0.1) is 0 Å². The second-order valence-electron chi connectivity index (χ2n) is 7.40. The van der Waals surface area contributed by atoms with Crippen LogP contribution in [0.15, 0.2) is 91.1 Å². The van der Waals surface area contributed by atoms with Gasteiger partial charge in [0.15, 0.2) is 0 Å². The molecule has 33 heavy (non-hydrogen) atoms. The minimum absolute atomic E-state index is 0.489. The van der Waals surface area contributed by atoms with E-state index in [0.717, 1.165) is 23.3 Å². The fourth-order valence-corrected chi connectivity index (χ4v) is 3.49. The van der Waals surface area contributed by atoms with Gasteiger partial charge in [-0.3, -0.25) is 4.79 Å². The normalized spacial score (nSPS) is 10.7. The Hall–Kier alpha value is -4.65. The molecule has 0 bridgehead atoms. The quantitative estimate of drug-likeness (QED) is 0.276. The first-order valence-electron chi connectivity index (χ1n) is 10.5. The zero-order valence-corrected chi connectivity index (χ0v) is 17.7. The first kappa shape index (κ1) is 20.3. The number of rotatable bonds is 8. The van der Waals surface area contributed by atoms with Crippen LogP contribution in [0.25, 0.3) is 22.4 Å². The SMILES string of the molecule is O=CNc1cccc2[nH]c(-c3ccc(Oc4ccc(NCc5ccccc5)cc4)nc3)nc12. The monoisotopic (exact) mass is 435 g/mol. The van der Waals surface area contributed by atoms with Crippen LogP contribution in [0, 0.1) is 0 Å². The Bertz CT molecular complexity index is 1360. The summed E-state index contributed by atoms with van der Waals surface area (Å²) in [5.41, 5.74) is 5.24. The summed E-state index contributed by atoms with van der Waals surface area (Å²) in [6.07, 6.45) is 2.35. The Morgan fingerprint density at radius 2 is 1.76 bits per heavy atom. The second-order valence-corrected chi connectivity index (χ2v) is 7.40. The van der Waals surface area contributed by atoms with Crippen LogP contribution in [0.3, 0.4) is 0 Å². The van der Waals surface area contributed by atoms with E-state index in [-0.39, 0.29) is 0 Å². The molecule has 3 N–H and O–H groups in total. The number of pyridine rings is 1. The van der Waals surface area contributed by atoms with E-state index in [9.17, 15) is 4.79 Å². The lowest BCUT2D eigenvalue weighted by atomic mass is 10.2. The van der Waals surface area contributed by atoms with Crippen LogP contribution in [0.4, 0.5) is 11.4 Å². The molecule has 0 saturated heterocycles. The van der Waals surface area contributed by atoms with Crippen molar-refractivity contribution in [2.24, 2.45) is 0 Å². The number of ether oxygens (including phenoxy) is 1. The van der Waals surface area contributed by atoms with Gasteiger partial charge in [0.05, 0.1) is 11.2 Å². The highest BCUT2D eigenvalue weighted by Crippen LogP contribution is 2.27. The molecule has 0 radical (unpaired) electrons. The molecule has 0 aliphatic rings. The molecule has 3 aromatic carbocycles. The Morgan fingerprint density at radius 1 is 0.909 bits per heavy atom. The highest BCUT2D eigenvalue weighted by molar-refractivity contribution is 5.94. The van der Waals surface area contributed by atoms with E-state index in [4.69, 9.17) is 4.74 Å². The molecule has 1 amide bonds. The van der Waals surface area contributed by atoms with Crippen LogP contribution < -0.4 is 15.4 Å². The van der Waals surface area contributed by atoms with E-state index in [2.05, 4.69) is 37.7 Å². The third-order valence-electron chi connectivity index (χ3n) is 5.15. The van der Waals surface area contributed by atoms with Crippen molar-refractivity contribution in [2.75, 3.05) is 10.6 Å². The van der Waals surface area contributed by atoms with Crippen LogP contribution in [-0.2, 0) is 11.3 Å². The van der Waals surface area contributed by atoms with Crippen LogP contribution in [0.2, 0.25) is 0 Å². The smallest absolute Gasteiger partial charge is 0.219 e. The molecular weight excluding hydrogens is 414 g/mol. The van der Waals surface area contributed by atoms with Crippen LogP contribution in [0.1, 0.15) is 5.56 Å². The standard InChI is InChI=1S/C26H21N5O2/c32-17-29-22-7-4-8-23-25(22)31-26(30-23)19-9-14-24(28-16-19)33-21-12-10-20(11-13-21)27-15-18-5-2-1-3-6-18/h1-14,16-17,27H,15H2,(H,29,32)(H,30,31). The lowest BCUT2D eigenvalue weighted by molar-refractivity contribution is -0.105. The van der Waals surface area contributed by atoms with Crippen LogP contribution >= 0.6 is 0 Å². The number of carbonyl (C=O) groups is 1. The molecule has 5 aromatic rings. The summed E-state index contributed by atoms with van der Waals surface area (Å²) in [5, 5.41) is 6.06. The molecule has 0 saturated carbocycles. The fraction of sp³-hybridized carbons (Fsp3) is 0.0385. The number of hydrogen-bond donors (Lipinski definition) is 3. The number of fused-ring (bicyclic) bond motifs is 1. The topological polar surface area (TPSA) is 91.9 Å². The highest BCUT2D eigenvalue weighted by Gasteiger charge is 2.09. The molecule has 0 spiro atoms. The third-order valence-corrected chi connectivity index (χ3v) is 5.15. The first-order chi connectivity index (χ1) is 16.3. The summed E-state index contributed by atoms with van der Waals surface area (Å²) in [7, 11) is 0. The number of nitrogens with zero attached hydrogens (tertiary/aromatic N) is 2. The molecule has 2 heterocycles. The zero-order chi connectivity index (χ0) is 22.5. The molecule has 2 aromatic heterocycles. The van der Waals surface area contributed by atoms with Crippen molar-refractivity contribution < 1.29 is 9.53 Å². The maximum atomic E-state index is 10.8. The Kier molecular flexibility index (Phi) is 5.67. The van der Waals surface area contributed by atoms with Gasteiger partial charge in [-0.05, 0) is 48.0 Å². The largest absolute Gasteiger partial charge is 0.439 e. The van der Waals surface area contributed by atoms with E-state index in [1.807, 2.05) is 60.7 Å². The van der Waals surface area contributed by atoms with E-state index >= 15 is 0 Å². The van der Waals surface area contributed by atoms with Gasteiger partial charge in [-0.25, -0.2) is 9.97 Å². The second kappa shape index (κ2) is 9.23. The van der Waals surface area contributed by atoms with Gasteiger partial charge in [0, 0.05) is 30.1 Å². The summed E-state index contributed by atoms with van der Waals surface area (Å²) in [4.78, 5) is 23.1. The van der Waals surface area contributed by atoms with Gasteiger partial charge < -0.3 is 20.4 Å². The molecule has 0 fully saturated rings. The van der Waals surface area contributed by atoms with Crippen molar-refractivity contribution in [1.29, 1.82) is 0 Å². The number of amides is 1. The number of hydrogen-bond acceptors (Lipinski definition) is 5. The van der Waals surface area contributed by atoms with Crippen molar-refractivity contribution in [2.45, 2.75) is 6.54 Å². The first-order valence-corrected chi connectivity index (χ1v) is 10.5. The predicted molar refractivity (Wildman–Crippen MR) is 129 cm³/mol. The van der Waals surface area contributed by atoms with E-state index < -0.39 is 0 Å². The number of benzene rings is 3. The number of imidazole rings is 1. The number of aromatic nitrogens is 3. The molecule has 7 heteroatoms. The predicted octanol–water partition coefficient (Wildman–Crippen LogP) is 5.60. The molecule has 5 rings (SSSR count). The van der Waals surface area contributed by atoms with Crippen LogP contribution in [0.5, 0.6) is 11.6 Å². The lowest BCUT2D eigenvalue weighted by Crippen LogP contribution is -1.98. The number of nitrogens with one attached hydrogen (secondary N) is 3. The van der Waals surface area contributed by atoms with Gasteiger partial charge in [-0.2, -0.15) is 0 Å². The van der Waals surface area contributed by atoms with E-state index in [1.165, 1.54) is 5.56 Å². The van der Waals surface area contributed by atoms with Gasteiger partial charge in [0.2, 0.25) is 12.3 Å². The number of para-hydroxylation sites is 1. The minimum Gasteiger partial charge on any atom is -0.439 e. The number of anilines is 2. The molecule has 0 unspecified atom stereocenters. The number of H-pyrrole nitrogens is 1. The molecule has 0 atom stereocenters. The molecular formula is C26H21N5O2. The van der Waals surface area contributed by atoms with Crippen molar-refractivity contribution in [1.82, 2.24) is 15.0 Å². The average Bonchev–Trinajstić information content (AvgIpc) is 3.30. The summed E-state index contributed by atoms with van der Waals surface area (Å²) < 4.78 is 5.88. The highest BCUT2D eigenvalue weighted by atomic mass is 16.5. The van der Waals surface area contributed by atoms with Gasteiger partial charge in [-0.1, -0.05) is 36.4 Å². The maximum Gasteiger partial charge on any atom is 0.219 e. The van der Waals surface area contributed by atoms with Crippen LogP contribution in [-0.4, -0.2) is 21.4 Å². The summed E-state index contributed by atoms with van der Waals surface area (Å²) in [6, 6.07) is 27.3. The van der Waals surface area contributed by atoms with E-state index in [1.54, 1.807) is 18.3 Å². The fourth-order valence-electron chi connectivity index (χ4n) is 3.49. The zero-order valence-electron chi connectivity index (χ0n) is 17.7. The van der Waals surface area contributed by atoms with Gasteiger partial charge in [0.1, 0.15) is 17.1 Å². The maximum absolute atomic E-state index is 10.8. The van der Waals surface area contributed by atoms with Gasteiger partial charge >= 0.3 is 0 Å². The molecule has 162 valence electrons. The minimum atomic E-state index is 0.489. The molecule has 0 aliphatic heterocycles.